The van der Waals surface area contributed by atoms with Gasteiger partial charge >= 0.3 is 0 Å². The molecule has 0 aliphatic carbocycles. The molecule has 0 aromatic carbocycles. The van der Waals surface area contributed by atoms with Gasteiger partial charge in [-0.25, -0.2) is 0 Å². The van der Waals surface area contributed by atoms with Crippen LogP contribution in [-0.2, 0) is 18.9 Å². The molecule has 3 rings (SSSR count). The number of ether oxygens (including phenoxy) is 4. The first-order chi connectivity index (χ1) is 10.4. The summed E-state index contributed by atoms with van der Waals surface area (Å²) in [5.41, 5.74) is 5.77. The molecule has 0 spiro atoms. The Morgan fingerprint density at radius 1 is 1.00 bits per heavy atom. The maximum absolute atomic E-state index is 10.1. The summed E-state index contributed by atoms with van der Waals surface area (Å²) in [4.78, 5) is 0. The van der Waals surface area contributed by atoms with Crippen LogP contribution < -0.4 is 5.73 Å². The fourth-order valence-corrected chi connectivity index (χ4v) is 2.92. The van der Waals surface area contributed by atoms with E-state index in [1.807, 2.05) is 0 Å². The zero-order valence-corrected chi connectivity index (χ0v) is 11.6. The van der Waals surface area contributed by atoms with Gasteiger partial charge in [-0.2, -0.15) is 0 Å². The summed E-state index contributed by atoms with van der Waals surface area (Å²) in [7, 11) is 0. The molecule has 10 nitrogen and oxygen atoms in total. The van der Waals surface area contributed by atoms with Gasteiger partial charge in [-0.3, -0.25) is 0 Å². The number of hydrogen-bond donors (Lipinski definition) is 6. The molecule has 7 N–H and O–H groups in total. The fraction of sp³-hybridized carbons (Fsp3) is 1.00. The average molecular weight is 323 g/mol. The molecule has 10 heteroatoms. The second-order valence-corrected chi connectivity index (χ2v) is 5.74. The molecular weight excluding hydrogens is 302 g/mol. The van der Waals surface area contributed by atoms with E-state index in [4.69, 9.17) is 29.8 Å². The summed E-state index contributed by atoms with van der Waals surface area (Å²) >= 11 is 0. The fourth-order valence-electron chi connectivity index (χ4n) is 2.92. The number of hydrogen-bond acceptors (Lipinski definition) is 10. The smallest absolute Gasteiger partial charge is 0.186 e. The molecule has 0 amide bonds. The molecule has 3 aliphatic rings. The van der Waals surface area contributed by atoms with Crippen LogP contribution in [0.1, 0.15) is 0 Å². The van der Waals surface area contributed by atoms with E-state index in [1.165, 1.54) is 0 Å². The van der Waals surface area contributed by atoms with Crippen molar-refractivity contribution in [2.75, 3.05) is 13.2 Å². The Hall–Kier alpha value is -0.400. The molecule has 3 fully saturated rings. The second-order valence-electron chi connectivity index (χ2n) is 5.74. The van der Waals surface area contributed by atoms with Gasteiger partial charge in [0.15, 0.2) is 12.6 Å². The number of aliphatic hydroxyl groups is 5. The average Bonchev–Trinajstić information content (AvgIpc) is 2.96. The van der Waals surface area contributed by atoms with Crippen molar-refractivity contribution >= 4 is 0 Å². The summed E-state index contributed by atoms with van der Waals surface area (Å²) in [6.07, 6.45) is -10.0. The number of fused-ring (bicyclic) bond motifs is 2. The van der Waals surface area contributed by atoms with E-state index in [0.29, 0.717) is 0 Å². The van der Waals surface area contributed by atoms with Crippen LogP contribution >= 0.6 is 0 Å². The number of rotatable bonds is 3. The molecule has 2 bridgehead atoms. The predicted molar refractivity (Wildman–Crippen MR) is 67.2 cm³/mol. The largest absolute Gasteiger partial charge is 0.394 e. The van der Waals surface area contributed by atoms with E-state index in [2.05, 4.69) is 0 Å². The minimum atomic E-state index is -1.37. The first kappa shape index (κ1) is 16.5. The van der Waals surface area contributed by atoms with Gasteiger partial charge in [0.1, 0.15) is 42.7 Å². The Morgan fingerprint density at radius 3 is 2.41 bits per heavy atom. The molecule has 0 saturated carbocycles. The van der Waals surface area contributed by atoms with E-state index in [9.17, 15) is 20.4 Å². The number of aliphatic hydroxyl groups excluding tert-OH is 5. The molecule has 0 aromatic rings. The highest BCUT2D eigenvalue weighted by Gasteiger charge is 2.53. The van der Waals surface area contributed by atoms with Crippen LogP contribution in [0.4, 0.5) is 0 Å². The second kappa shape index (κ2) is 6.24. The third-order valence-electron chi connectivity index (χ3n) is 4.29. The maximum Gasteiger partial charge on any atom is 0.186 e. The maximum atomic E-state index is 10.1. The minimum absolute atomic E-state index is 0.125. The number of nitrogens with two attached hydrogens (primary N) is 1. The Labute approximate surface area is 126 Å². The summed E-state index contributed by atoms with van der Waals surface area (Å²) in [5, 5.41) is 48.7. The lowest BCUT2D eigenvalue weighted by Crippen LogP contribution is -2.65. The molecule has 3 saturated heterocycles. The Kier molecular flexibility index (Phi) is 4.67. The van der Waals surface area contributed by atoms with Crippen molar-refractivity contribution in [3.8, 4) is 0 Å². The van der Waals surface area contributed by atoms with E-state index in [0.717, 1.165) is 0 Å². The van der Waals surface area contributed by atoms with E-state index < -0.39 is 68.0 Å². The van der Waals surface area contributed by atoms with Crippen molar-refractivity contribution < 1.29 is 44.5 Å². The minimum Gasteiger partial charge on any atom is -0.394 e. The third kappa shape index (κ3) is 2.65. The molecule has 3 aliphatic heterocycles. The summed E-state index contributed by atoms with van der Waals surface area (Å²) in [5.74, 6) is 0. The highest BCUT2D eigenvalue weighted by atomic mass is 16.8. The third-order valence-corrected chi connectivity index (χ3v) is 4.29. The van der Waals surface area contributed by atoms with Crippen molar-refractivity contribution in [3.05, 3.63) is 0 Å². The van der Waals surface area contributed by atoms with Gasteiger partial charge in [0.05, 0.1) is 19.3 Å². The zero-order chi connectivity index (χ0) is 16.0. The molecule has 22 heavy (non-hydrogen) atoms. The lowest BCUT2D eigenvalue weighted by Gasteiger charge is -2.44. The van der Waals surface area contributed by atoms with Crippen molar-refractivity contribution in [2.24, 2.45) is 5.73 Å². The van der Waals surface area contributed by atoms with Crippen LogP contribution in [0.25, 0.3) is 0 Å². The predicted octanol–water partition coefficient (Wildman–Crippen LogP) is -4.39. The van der Waals surface area contributed by atoms with E-state index >= 15 is 0 Å². The van der Waals surface area contributed by atoms with Gasteiger partial charge < -0.3 is 50.2 Å². The van der Waals surface area contributed by atoms with Gasteiger partial charge in [0.2, 0.25) is 0 Å². The standard InChI is InChI=1S/C12H21NO9/c13-5-7(16)6(15)3(1-14)20-11(5)22-10-4-2-19-12(21-4)9(18)8(10)17/h3-12,14-18H,1-2,13H2/t3?,4?,5?,6?,7-,8-,9?,10?,11?,12?/m1/s1. The normalized spacial score (nSPS) is 55.4. The Morgan fingerprint density at radius 2 is 1.73 bits per heavy atom. The Bertz CT molecular complexity index is 397. The highest BCUT2D eigenvalue weighted by Crippen LogP contribution is 2.32. The molecule has 0 radical (unpaired) electrons. The van der Waals surface area contributed by atoms with Crippen molar-refractivity contribution in [3.63, 3.8) is 0 Å². The molecule has 8 unspecified atom stereocenters. The van der Waals surface area contributed by atoms with Gasteiger partial charge in [0.25, 0.3) is 0 Å². The van der Waals surface area contributed by atoms with Crippen molar-refractivity contribution in [1.29, 1.82) is 0 Å². The molecular formula is C12H21NO9. The van der Waals surface area contributed by atoms with Crippen LogP contribution in [-0.4, -0.2) is 100 Å². The summed E-state index contributed by atoms with van der Waals surface area (Å²) in [6, 6.07) is -1.10. The van der Waals surface area contributed by atoms with Crippen molar-refractivity contribution in [2.45, 2.75) is 61.3 Å². The monoisotopic (exact) mass is 323 g/mol. The first-order valence-corrected chi connectivity index (χ1v) is 7.10. The summed E-state index contributed by atoms with van der Waals surface area (Å²) < 4.78 is 21.4. The van der Waals surface area contributed by atoms with Gasteiger partial charge in [-0.15, -0.1) is 0 Å². The van der Waals surface area contributed by atoms with Crippen LogP contribution in [0.3, 0.4) is 0 Å². The first-order valence-electron chi connectivity index (χ1n) is 7.10. The van der Waals surface area contributed by atoms with Crippen LogP contribution in [0.5, 0.6) is 0 Å². The highest BCUT2D eigenvalue weighted by molar-refractivity contribution is 4.97. The lowest BCUT2D eigenvalue weighted by molar-refractivity contribution is -0.314. The van der Waals surface area contributed by atoms with Crippen LogP contribution in [0.15, 0.2) is 0 Å². The molecule has 3 heterocycles. The SMILES string of the molecule is NC1C(OC2C3COC(O3)C(O)[C@H]2O)OC(CO)C(O)[C@@H]1O. The molecule has 128 valence electrons. The van der Waals surface area contributed by atoms with Crippen LogP contribution in [0, 0.1) is 0 Å². The van der Waals surface area contributed by atoms with E-state index in [-0.39, 0.29) is 6.61 Å². The van der Waals surface area contributed by atoms with Crippen molar-refractivity contribution in [1.82, 2.24) is 0 Å². The van der Waals surface area contributed by atoms with Gasteiger partial charge in [-0.05, 0) is 0 Å². The zero-order valence-electron chi connectivity index (χ0n) is 11.6. The van der Waals surface area contributed by atoms with E-state index in [1.54, 1.807) is 0 Å². The summed E-state index contributed by atoms with van der Waals surface area (Å²) in [6.45, 7) is -0.411. The Balaban J connectivity index is 1.71. The quantitative estimate of drug-likeness (QED) is 0.299. The topological polar surface area (TPSA) is 164 Å². The van der Waals surface area contributed by atoms with Gasteiger partial charge in [0, 0.05) is 0 Å². The molecule has 10 atom stereocenters. The van der Waals surface area contributed by atoms with Crippen LogP contribution in [0.2, 0.25) is 0 Å². The van der Waals surface area contributed by atoms with Gasteiger partial charge in [-0.1, -0.05) is 0 Å². The molecule has 0 aromatic heterocycles. The lowest BCUT2D eigenvalue weighted by atomic mass is 9.97.